The van der Waals surface area contributed by atoms with Gasteiger partial charge >= 0.3 is 5.97 Å². The Morgan fingerprint density at radius 1 is 1.50 bits per heavy atom. The number of aliphatic hydroxyl groups excluding tert-OH is 2. The molecule has 1 aliphatic rings. The highest BCUT2D eigenvalue weighted by atomic mass is 16.5. The molecule has 0 saturated carbocycles. The van der Waals surface area contributed by atoms with Crippen molar-refractivity contribution in [2.75, 3.05) is 5.73 Å². The minimum absolute atomic E-state index is 0.198. The molecule has 10 heteroatoms. The molecule has 1 fully saturated rings. The molecule has 4 atom stereocenters. The average molecular weight is 309 g/mol. The molecule has 2 unspecified atom stereocenters. The van der Waals surface area contributed by atoms with Crippen LogP contribution in [-0.4, -0.2) is 59.1 Å². The first-order chi connectivity index (χ1) is 10.5. The van der Waals surface area contributed by atoms with Gasteiger partial charge in [0.2, 0.25) is 0 Å². The van der Waals surface area contributed by atoms with Gasteiger partial charge < -0.3 is 25.8 Å². The monoisotopic (exact) mass is 309 g/mol. The lowest BCUT2D eigenvalue weighted by Crippen LogP contribution is -2.30. The predicted octanol–water partition coefficient (Wildman–Crippen LogP) is -1.11. The van der Waals surface area contributed by atoms with E-state index >= 15 is 0 Å². The van der Waals surface area contributed by atoms with Gasteiger partial charge in [0, 0.05) is 12.8 Å². The Bertz CT molecular complexity index is 704. The maximum atomic E-state index is 10.7. The van der Waals surface area contributed by atoms with Crippen LogP contribution in [0, 0.1) is 0 Å². The van der Waals surface area contributed by atoms with E-state index in [-0.39, 0.29) is 18.7 Å². The minimum atomic E-state index is -1.59. The molecule has 2 aromatic rings. The summed E-state index contributed by atoms with van der Waals surface area (Å²) in [4.78, 5) is 22.7. The van der Waals surface area contributed by atoms with Crippen molar-refractivity contribution in [1.82, 2.24) is 19.5 Å². The van der Waals surface area contributed by atoms with Crippen molar-refractivity contribution in [2.24, 2.45) is 0 Å². The number of carboxylic acids is 1. The smallest absolute Gasteiger partial charge is 0.332 e. The Morgan fingerprint density at radius 3 is 3.00 bits per heavy atom. The zero-order chi connectivity index (χ0) is 15.9. The van der Waals surface area contributed by atoms with Gasteiger partial charge in [-0.15, -0.1) is 0 Å². The van der Waals surface area contributed by atoms with Gasteiger partial charge in [-0.2, -0.15) is 0 Å². The third-order valence-electron chi connectivity index (χ3n) is 3.64. The molecule has 1 aliphatic heterocycles. The second-order valence-electron chi connectivity index (χ2n) is 5.10. The summed E-state index contributed by atoms with van der Waals surface area (Å²) in [7, 11) is 0. The predicted molar refractivity (Wildman–Crippen MR) is 72.5 cm³/mol. The SMILES string of the molecule is Nc1ncnc2c1ncn2[C@H]1CC(O)[C@@H](CC(O)C(=O)O)O1. The zero-order valence-electron chi connectivity index (χ0n) is 11.4. The first-order valence-electron chi connectivity index (χ1n) is 6.64. The van der Waals surface area contributed by atoms with E-state index in [2.05, 4.69) is 15.0 Å². The topological polar surface area (TPSA) is 157 Å². The Hall–Kier alpha value is -2.30. The number of nitrogen functional groups attached to an aromatic ring is 1. The largest absolute Gasteiger partial charge is 0.479 e. The molecule has 0 aromatic carbocycles. The number of hydrogen-bond donors (Lipinski definition) is 4. The van der Waals surface area contributed by atoms with Crippen LogP contribution in [0.2, 0.25) is 0 Å². The van der Waals surface area contributed by atoms with Gasteiger partial charge in [0.25, 0.3) is 0 Å². The molecule has 0 radical (unpaired) electrons. The van der Waals surface area contributed by atoms with Crippen molar-refractivity contribution in [1.29, 1.82) is 0 Å². The van der Waals surface area contributed by atoms with E-state index in [4.69, 9.17) is 15.6 Å². The normalized spacial score (nSPS) is 26.4. The van der Waals surface area contributed by atoms with Crippen LogP contribution in [0.3, 0.4) is 0 Å². The number of rotatable bonds is 4. The molecular formula is C12H15N5O5. The number of ether oxygens (including phenoxy) is 1. The van der Waals surface area contributed by atoms with Gasteiger partial charge in [0.15, 0.2) is 17.6 Å². The van der Waals surface area contributed by atoms with Crippen LogP contribution in [0.4, 0.5) is 5.82 Å². The fourth-order valence-corrected chi connectivity index (χ4v) is 2.50. The van der Waals surface area contributed by atoms with E-state index < -0.39 is 30.5 Å². The molecule has 3 rings (SSSR count). The minimum Gasteiger partial charge on any atom is -0.479 e. The molecule has 10 nitrogen and oxygen atoms in total. The number of carboxylic acid groups (broad SMARTS) is 1. The summed E-state index contributed by atoms with van der Waals surface area (Å²) < 4.78 is 7.24. The number of nitrogens with zero attached hydrogens (tertiary/aromatic N) is 4. The van der Waals surface area contributed by atoms with Crippen LogP contribution in [0.15, 0.2) is 12.7 Å². The Balaban J connectivity index is 1.81. The fraction of sp³-hybridized carbons (Fsp3) is 0.500. The first-order valence-corrected chi connectivity index (χ1v) is 6.64. The van der Waals surface area contributed by atoms with E-state index in [1.54, 1.807) is 4.57 Å². The molecule has 0 bridgehead atoms. The molecule has 3 heterocycles. The van der Waals surface area contributed by atoms with Crippen LogP contribution in [0.1, 0.15) is 19.1 Å². The number of anilines is 1. The van der Waals surface area contributed by atoms with Gasteiger partial charge in [-0.1, -0.05) is 0 Å². The Morgan fingerprint density at radius 2 is 2.27 bits per heavy atom. The third kappa shape index (κ3) is 2.47. The summed E-state index contributed by atoms with van der Waals surface area (Å²) in [6.45, 7) is 0. The van der Waals surface area contributed by atoms with Crippen LogP contribution in [-0.2, 0) is 9.53 Å². The lowest BCUT2D eigenvalue weighted by atomic mass is 10.1. The number of carbonyl (C=O) groups is 1. The lowest BCUT2D eigenvalue weighted by molar-refractivity contribution is -0.149. The fourth-order valence-electron chi connectivity index (χ4n) is 2.50. The Labute approximate surface area is 124 Å². The molecule has 0 aliphatic carbocycles. The van der Waals surface area contributed by atoms with Crippen molar-refractivity contribution >= 4 is 23.0 Å². The summed E-state index contributed by atoms with van der Waals surface area (Å²) >= 11 is 0. The zero-order valence-corrected chi connectivity index (χ0v) is 11.4. The number of fused-ring (bicyclic) bond motifs is 1. The number of aliphatic hydroxyl groups is 2. The summed E-state index contributed by atoms with van der Waals surface area (Å²) in [5, 5.41) is 28.1. The average Bonchev–Trinajstić information content (AvgIpc) is 3.04. The van der Waals surface area contributed by atoms with Crippen LogP contribution >= 0.6 is 0 Å². The van der Waals surface area contributed by atoms with Gasteiger partial charge in [-0.3, -0.25) is 4.57 Å². The van der Waals surface area contributed by atoms with Crippen molar-refractivity contribution in [3.8, 4) is 0 Å². The van der Waals surface area contributed by atoms with E-state index in [1.165, 1.54) is 12.7 Å². The molecule has 118 valence electrons. The second kappa shape index (κ2) is 5.48. The third-order valence-corrected chi connectivity index (χ3v) is 3.64. The van der Waals surface area contributed by atoms with Crippen LogP contribution in [0.5, 0.6) is 0 Å². The van der Waals surface area contributed by atoms with Gasteiger partial charge in [0.05, 0.1) is 18.5 Å². The standard InChI is InChI=1S/C12H15N5O5/c13-10-9-11(15-3-14-10)17(4-16-9)8-2-5(18)7(22-8)1-6(19)12(20)21/h3-8,18-19H,1-2H2,(H,20,21)(H2,13,14,15)/t5?,6?,7-,8-/m1/s1. The molecule has 0 amide bonds. The molecule has 5 N–H and O–H groups in total. The quantitative estimate of drug-likeness (QED) is 0.549. The lowest BCUT2D eigenvalue weighted by Gasteiger charge is -2.17. The maximum absolute atomic E-state index is 10.7. The number of imidazole rings is 1. The Kier molecular flexibility index (Phi) is 3.64. The first kappa shape index (κ1) is 14.6. The number of nitrogens with two attached hydrogens (primary N) is 1. The molecule has 0 spiro atoms. The summed E-state index contributed by atoms with van der Waals surface area (Å²) in [6, 6.07) is 0. The number of hydrogen-bond acceptors (Lipinski definition) is 8. The summed E-state index contributed by atoms with van der Waals surface area (Å²) in [6.07, 6.45) is -1.03. The maximum Gasteiger partial charge on any atom is 0.332 e. The number of aliphatic carboxylic acids is 1. The summed E-state index contributed by atoms with van der Waals surface area (Å²) in [5.41, 5.74) is 6.59. The second-order valence-corrected chi connectivity index (χ2v) is 5.10. The number of aromatic nitrogens is 4. The van der Waals surface area contributed by atoms with E-state index in [9.17, 15) is 15.0 Å². The highest BCUT2D eigenvalue weighted by Gasteiger charge is 2.38. The van der Waals surface area contributed by atoms with E-state index in [0.717, 1.165) is 0 Å². The van der Waals surface area contributed by atoms with E-state index in [0.29, 0.717) is 11.2 Å². The molecular weight excluding hydrogens is 294 g/mol. The van der Waals surface area contributed by atoms with Crippen molar-refractivity contribution < 1.29 is 24.9 Å². The van der Waals surface area contributed by atoms with E-state index in [1.807, 2.05) is 0 Å². The van der Waals surface area contributed by atoms with Gasteiger partial charge in [0.1, 0.15) is 18.1 Å². The molecule has 2 aromatic heterocycles. The van der Waals surface area contributed by atoms with Gasteiger partial charge in [-0.25, -0.2) is 19.7 Å². The van der Waals surface area contributed by atoms with Crippen molar-refractivity contribution in [3.63, 3.8) is 0 Å². The summed E-state index contributed by atoms with van der Waals surface area (Å²) in [5.74, 6) is -1.12. The van der Waals surface area contributed by atoms with Crippen molar-refractivity contribution in [3.05, 3.63) is 12.7 Å². The highest BCUT2D eigenvalue weighted by Crippen LogP contribution is 2.33. The highest BCUT2D eigenvalue weighted by molar-refractivity contribution is 5.81. The van der Waals surface area contributed by atoms with Crippen LogP contribution < -0.4 is 5.73 Å². The molecule has 22 heavy (non-hydrogen) atoms. The van der Waals surface area contributed by atoms with Crippen LogP contribution in [0.25, 0.3) is 11.2 Å². The van der Waals surface area contributed by atoms with Crippen molar-refractivity contribution in [2.45, 2.75) is 37.4 Å². The van der Waals surface area contributed by atoms with Gasteiger partial charge in [-0.05, 0) is 0 Å². The molecule has 1 saturated heterocycles.